The van der Waals surface area contributed by atoms with Crippen LogP contribution in [0.5, 0.6) is 0 Å². The van der Waals surface area contributed by atoms with E-state index in [2.05, 4.69) is 32.0 Å². The van der Waals surface area contributed by atoms with Crippen LogP contribution in [0.3, 0.4) is 0 Å². The van der Waals surface area contributed by atoms with Gasteiger partial charge in [0.05, 0.1) is 0 Å². The Morgan fingerprint density at radius 3 is 2.74 bits per heavy atom. The molecule has 2 unspecified atom stereocenters. The molecule has 0 spiro atoms. The van der Waals surface area contributed by atoms with Gasteiger partial charge in [-0.2, -0.15) is 0 Å². The Balaban J connectivity index is 1.52. The molecule has 0 aromatic carbocycles. The van der Waals surface area contributed by atoms with Crippen molar-refractivity contribution >= 4 is 11.9 Å². The molecule has 2 saturated heterocycles. The van der Waals surface area contributed by atoms with E-state index >= 15 is 0 Å². The number of rotatable bonds is 6. The average Bonchev–Trinajstić information content (AvgIpc) is 3.24. The molecule has 3 heterocycles. The SMILES string of the molecule is CCN1CCCC1C1CCCN1C(=O)CCNc1ncccn1. The molecular weight excluding hydrogens is 290 g/mol. The molecule has 2 atom stereocenters. The van der Waals surface area contributed by atoms with Crippen molar-refractivity contribution in [1.82, 2.24) is 19.8 Å². The summed E-state index contributed by atoms with van der Waals surface area (Å²) in [7, 11) is 0. The molecule has 6 nitrogen and oxygen atoms in total. The van der Waals surface area contributed by atoms with Crippen molar-refractivity contribution < 1.29 is 4.79 Å². The first-order chi connectivity index (χ1) is 11.3. The maximum atomic E-state index is 12.6. The van der Waals surface area contributed by atoms with Crippen molar-refractivity contribution in [2.24, 2.45) is 0 Å². The maximum Gasteiger partial charge on any atom is 0.224 e. The molecule has 0 aliphatic carbocycles. The summed E-state index contributed by atoms with van der Waals surface area (Å²) in [4.78, 5) is 25.5. The van der Waals surface area contributed by atoms with Crippen LogP contribution in [-0.4, -0.2) is 63.9 Å². The maximum absolute atomic E-state index is 12.6. The first-order valence-electron chi connectivity index (χ1n) is 8.84. The third-order valence-corrected chi connectivity index (χ3v) is 5.07. The van der Waals surface area contributed by atoms with Gasteiger partial charge >= 0.3 is 0 Å². The number of carbonyl (C=O) groups is 1. The van der Waals surface area contributed by atoms with E-state index in [4.69, 9.17) is 0 Å². The van der Waals surface area contributed by atoms with Gasteiger partial charge in [-0.05, 0) is 44.8 Å². The van der Waals surface area contributed by atoms with Crippen LogP contribution in [0, 0.1) is 0 Å². The van der Waals surface area contributed by atoms with Crippen molar-refractivity contribution in [2.45, 2.75) is 51.1 Å². The van der Waals surface area contributed by atoms with Crippen LogP contribution in [0.2, 0.25) is 0 Å². The molecule has 0 bridgehead atoms. The summed E-state index contributed by atoms with van der Waals surface area (Å²) in [5.41, 5.74) is 0. The lowest BCUT2D eigenvalue weighted by atomic mass is 10.0. The van der Waals surface area contributed by atoms with Crippen LogP contribution in [0.1, 0.15) is 39.0 Å². The second-order valence-corrected chi connectivity index (χ2v) is 6.38. The van der Waals surface area contributed by atoms with E-state index in [1.54, 1.807) is 18.5 Å². The molecule has 23 heavy (non-hydrogen) atoms. The van der Waals surface area contributed by atoms with Gasteiger partial charge in [-0.1, -0.05) is 6.92 Å². The second kappa shape index (κ2) is 7.73. The van der Waals surface area contributed by atoms with Gasteiger partial charge in [0.2, 0.25) is 11.9 Å². The van der Waals surface area contributed by atoms with Crippen molar-refractivity contribution in [2.75, 3.05) is 31.5 Å². The molecule has 2 fully saturated rings. The average molecular weight is 317 g/mol. The van der Waals surface area contributed by atoms with Crippen molar-refractivity contribution in [3.63, 3.8) is 0 Å². The predicted molar refractivity (Wildman–Crippen MR) is 90.1 cm³/mol. The molecule has 0 saturated carbocycles. The summed E-state index contributed by atoms with van der Waals surface area (Å²) in [5.74, 6) is 0.852. The van der Waals surface area contributed by atoms with Crippen molar-refractivity contribution in [3.8, 4) is 0 Å². The molecule has 1 N–H and O–H groups in total. The fraction of sp³-hybridized carbons (Fsp3) is 0.706. The standard InChI is InChI=1S/C17H27N5O/c1-2-21-12-3-6-14(21)15-7-4-13-22(15)16(23)8-11-20-17-18-9-5-10-19-17/h5,9-10,14-15H,2-4,6-8,11-13H2,1H3,(H,18,19,20). The zero-order valence-electron chi connectivity index (χ0n) is 13.9. The highest BCUT2D eigenvalue weighted by Crippen LogP contribution is 2.30. The van der Waals surface area contributed by atoms with Gasteiger partial charge in [0.15, 0.2) is 0 Å². The lowest BCUT2D eigenvalue weighted by molar-refractivity contribution is -0.132. The van der Waals surface area contributed by atoms with Gasteiger partial charge in [-0.25, -0.2) is 9.97 Å². The zero-order chi connectivity index (χ0) is 16.1. The molecule has 1 amide bonds. The molecule has 0 radical (unpaired) electrons. The highest BCUT2D eigenvalue weighted by molar-refractivity contribution is 5.77. The van der Waals surface area contributed by atoms with Gasteiger partial charge in [-0.3, -0.25) is 9.69 Å². The lowest BCUT2D eigenvalue weighted by Gasteiger charge is -2.34. The Labute approximate surface area is 138 Å². The number of amides is 1. The molecule has 6 heteroatoms. The Hall–Kier alpha value is -1.69. The zero-order valence-corrected chi connectivity index (χ0v) is 13.9. The van der Waals surface area contributed by atoms with Crippen LogP contribution in [0.25, 0.3) is 0 Å². The fourth-order valence-corrected chi connectivity index (χ4v) is 4.00. The molecular formula is C17H27N5O. The Morgan fingerprint density at radius 1 is 1.22 bits per heavy atom. The van der Waals surface area contributed by atoms with Crippen LogP contribution < -0.4 is 5.32 Å². The highest BCUT2D eigenvalue weighted by Gasteiger charge is 2.38. The van der Waals surface area contributed by atoms with E-state index in [1.807, 2.05) is 0 Å². The van der Waals surface area contributed by atoms with Crippen molar-refractivity contribution in [3.05, 3.63) is 18.5 Å². The normalized spacial score (nSPS) is 25.0. The summed E-state index contributed by atoms with van der Waals surface area (Å²) in [6, 6.07) is 2.77. The third kappa shape index (κ3) is 3.80. The molecule has 2 aliphatic heterocycles. The Bertz CT molecular complexity index is 509. The van der Waals surface area contributed by atoms with E-state index in [9.17, 15) is 4.79 Å². The van der Waals surface area contributed by atoms with E-state index in [-0.39, 0.29) is 5.91 Å². The lowest BCUT2D eigenvalue weighted by Crippen LogP contribution is -2.48. The smallest absolute Gasteiger partial charge is 0.224 e. The number of hydrogen-bond acceptors (Lipinski definition) is 5. The summed E-state index contributed by atoms with van der Waals surface area (Å²) < 4.78 is 0. The van der Waals surface area contributed by atoms with Crippen LogP contribution in [0.4, 0.5) is 5.95 Å². The van der Waals surface area contributed by atoms with E-state index in [1.165, 1.54) is 19.4 Å². The summed E-state index contributed by atoms with van der Waals surface area (Å²) >= 11 is 0. The predicted octanol–water partition coefficient (Wildman–Crippen LogP) is 1.75. The minimum atomic E-state index is 0.263. The summed E-state index contributed by atoms with van der Waals surface area (Å²) in [6.07, 6.45) is 8.71. The first-order valence-corrected chi connectivity index (χ1v) is 8.84. The van der Waals surface area contributed by atoms with Gasteiger partial charge in [-0.15, -0.1) is 0 Å². The highest BCUT2D eigenvalue weighted by atomic mass is 16.2. The second-order valence-electron chi connectivity index (χ2n) is 6.38. The molecule has 2 aliphatic rings. The van der Waals surface area contributed by atoms with Gasteiger partial charge in [0.25, 0.3) is 0 Å². The number of anilines is 1. The van der Waals surface area contributed by atoms with Crippen LogP contribution >= 0.6 is 0 Å². The summed E-state index contributed by atoms with van der Waals surface area (Å²) in [6.45, 7) is 6.01. The Kier molecular flexibility index (Phi) is 5.43. The van der Waals surface area contributed by atoms with Gasteiger partial charge < -0.3 is 10.2 Å². The van der Waals surface area contributed by atoms with Gasteiger partial charge in [0, 0.05) is 44.0 Å². The monoisotopic (exact) mass is 317 g/mol. The molecule has 1 aromatic heterocycles. The topological polar surface area (TPSA) is 61.4 Å². The summed E-state index contributed by atoms with van der Waals surface area (Å²) in [5, 5.41) is 3.12. The van der Waals surface area contributed by atoms with Crippen molar-refractivity contribution in [1.29, 1.82) is 0 Å². The largest absolute Gasteiger partial charge is 0.354 e. The first kappa shape index (κ1) is 16.2. The number of likely N-dealkylation sites (N-methyl/N-ethyl adjacent to an activating group) is 1. The Morgan fingerprint density at radius 2 is 1.96 bits per heavy atom. The number of aromatic nitrogens is 2. The number of nitrogens with zero attached hydrogens (tertiary/aromatic N) is 4. The number of nitrogens with one attached hydrogen (secondary N) is 1. The van der Waals surface area contributed by atoms with Crippen LogP contribution in [0.15, 0.2) is 18.5 Å². The minimum absolute atomic E-state index is 0.263. The third-order valence-electron chi connectivity index (χ3n) is 5.07. The number of carbonyl (C=O) groups excluding carboxylic acids is 1. The molecule has 1 aromatic rings. The van der Waals surface area contributed by atoms with E-state index < -0.39 is 0 Å². The molecule has 3 rings (SSSR count). The number of likely N-dealkylation sites (tertiary alicyclic amines) is 2. The fourth-order valence-electron chi connectivity index (χ4n) is 4.00. The molecule has 126 valence electrons. The van der Waals surface area contributed by atoms with Crippen LogP contribution in [-0.2, 0) is 4.79 Å². The van der Waals surface area contributed by atoms with E-state index in [0.29, 0.717) is 31.0 Å². The number of hydrogen-bond donors (Lipinski definition) is 1. The quantitative estimate of drug-likeness (QED) is 0.866. The minimum Gasteiger partial charge on any atom is -0.354 e. The van der Waals surface area contributed by atoms with Gasteiger partial charge in [0.1, 0.15) is 0 Å². The van der Waals surface area contributed by atoms with E-state index in [0.717, 1.165) is 25.9 Å².